The zero-order valence-corrected chi connectivity index (χ0v) is 18.1. The van der Waals surface area contributed by atoms with Crippen LogP contribution in [0, 0.1) is 0 Å². The van der Waals surface area contributed by atoms with Crippen LogP contribution in [0.5, 0.6) is 0 Å². The first kappa shape index (κ1) is 20.6. The topological polar surface area (TPSA) is 71.8 Å². The zero-order valence-electron chi connectivity index (χ0n) is 15.1. The predicted octanol–water partition coefficient (Wildman–Crippen LogP) is 5.51. The molecule has 10 heteroatoms. The van der Waals surface area contributed by atoms with E-state index in [0.29, 0.717) is 26.8 Å². The maximum absolute atomic E-state index is 12.4. The summed E-state index contributed by atoms with van der Waals surface area (Å²) in [4.78, 5) is 14.0. The number of hydrogen-bond donors (Lipinski definition) is 2. The van der Waals surface area contributed by atoms with E-state index >= 15 is 0 Å². The van der Waals surface area contributed by atoms with E-state index in [0.717, 1.165) is 5.69 Å². The number of nitrogens with one attached hydrogen (secondary N) is 2. The van der Waals surface area contributed by atoms with Crippen molar-refractivity contribution in [2.45, 2.75) is 0 Å². The number of thiocarbonyl (C=S) groups is 1. The Balaban J connectivity index is 1.54. The van der Waals surface area contributed by atoms with Crippen LogP contribution < -0.4 is 10.6 Å². The van der Waals surface area contributed by atoms with Crippen molar-refractivity contribution < 1.29 is 4.79 Å². The lowest BCUT2D eigenvalue weighted by Crippen LogP contribution is -2.34. The summed E-state index contributed by atoms with van der Waals surface area (Å²) in [5.41, 5.74) is 2.74. The molecule has 1 aromatic heterocycles. The molecule has 4 rings (SSSR count). The number of fused-ring (bicyclic) bond motifs is 1. The number of carbonyl (C=O) groups is 1. The van der Waals surface area contributed by atoms with Gasteiger partial charge in [0.05, 0.1) is 27.0 Å². The Morgan fingerprint density at radius 3 is 2.33 bits per heavy atom. The molecular weight excluding hydrogens is 465 g/mol. The fourth-order valence-electron chi connectivity index (χ4n) is 2.71. The van der Waals surface area contributed by atoms with Crippen molar-refractivity contribution in [2.24, 2.45) is 0 Å². The molecule has 0 bridgehead atoms. The highest BCUT2D eigenvalue weighted by Gasteiger charge is 2.15. The normalized spacial score (nSPS) is 10.8. The molecule has 0 aliphatic carbocycles. The summed E-state index contributed by atoms with van der Waals surface area (Å²) in [5.74, 6) is -0.493. The number of para-hydroxylation sites is 1. The van der Waals surface area contributed by atoms with Gasteiger partial charge >= 0.3 is 0 Å². The van der Waals surface area contributed by atoms with E-state index in [-0.39, 0.29) is 15.7 Å². The second kappa shape index (κ2) is 8.57. The van der Waals surface area contributed by atoms with Crippen LogP contribution in [-0.2, 0) is 0 Å². The Kier molecular flexibility index (Phi) is 5.87. The van der Waals surface area contributed by atoms with Gasteiger partial charge in [0.25, 0.3) is 5.91 Å². The Morgan fingerprint density at radius 1 is 0.900 bits per heavy atom. The number of carbonyl (C=O) groups excluding carboxylic acids is 1. The molecule has 0 fully saturated rings. The van der Waals surface area contributed by atoms with Crippen LogP contribution in [0.15, 0.2) is 60.7 Å². The summed E-state index contributed by atoms with van der Waals surface area (Å²) in [6.45, 7) is 0. The van der Waals surface area contributed by atoms with E-state index in [4.69, 9.17) is 47.0 Å². The van der Waals surface area contributed by atoms with Crippen molar-refractivity contribution in [3.8, 4) is 5.69 Å². The molecule has 1 heterocycles. The third-order valence-corrected chi connectivity index (χ3v) is 5.19. The number of hydrogen-bond acceptors (Lipinski definition) is 4. The zero-order chi connectivity index (χ0) is 21.3. The van der Waals surface area contributed by atoms with Gasteiger partial charge in [-0.05, 0) is 54.7 Å². The summed E-state index contributed by atoms with van der Waals surface area (Å²) in [6, 6.07) is 17.5. The first-order valence-corrected chi connectivity index (χ1v) is 10.1. The van der Waals surface area contributed by atoms with Crippen molar-refractivity contribution in [1.82, 2.24) is 20.3 Å². The molecule has 0 saturated heterocycles. The Bertz CT molecular complexity index is 1280. The van der Waals surface area contributed by atoms with Gasteiger partial charge in [-0.2, -0.15) is 4.80 Å². The highest BCUT2D eigenvalue weighted by molar-refractivity contribution is 7.80. The first-order chi connectivity index (χ1) is 14.4. The fraction of sp³-hybridized carbons (Fsp3) is 0. The van der Waals surface area contributed by atoms with Crippen molar-refractivity contribution in [3.63, 3.8) is 0 Å². The number of anilines is 1. The van der Waals surface area contributed by atoms with Crippen molar-refractivity contribution in [2.75, 3.05) is 5.32 Å². The lowest BCUT2D eigenvalue weighted by Gasteiger charge is -2.11. The lowest BCUT2D eigenvalue weighted by molar-refractivity contribution is 0.0978. The number of aromatic nitrogens is 3. The standard InChI is InChI=1S/C20H12Cl3N5OS/c21-11-6-7-14(22)13(8-11)19(29)25-20(30)24-16-10-18-17(9-15(16)23)26-28(27-18)12-4-2-1-3-5-12/h1-10H,(H2,24,25,29,30). The second-order valence-corrected chi connectivity index (χ2v) is 7.84. The number of amides is 1. The van der Waals surface area contributed by atoms with Crippen molar-refractivity contribution in [1.29, 1.82) is 0 Å². The smallest absolute Gasteiger partial charge is 0.258 e. The Labute approximate surface area is 191 Å². The lowest BCUT2D eigenvalue weighted by atomic mass is 10.2. The van der Waals surface area contributed by atoms with Crippen molar-refractivity contribution in [3.05, 3.63) is 81.3 Å². The molecule has 0 saturated carbocycles. The molecule has 0 unspecified atom stereocenters. The fourth-order valence-corrected chi connectivity index (χ4v) is 3.49. The van der Waals surface area contributed by atoms with Crippen LogP contribution >= 0.6 is 47.0 Å². The van der Waals surface area contributed by atoms with Crippen LogP contribution in [0.25, 0.3) is 16.7 Å². The first-order valence-electron chi connectivity index (χ1n) is 8.60. The van der Waals surface area contributed by atoms with E-state index < -0.39 is 5.91 Å². The quantitative estimate of drug-likeness (QED) is 0.382. The Hall–Kier alpha value is -2.71. The molecule has 0 aliphatic rings. The van der Waals surface area contributed by atoms with Gasteiger partial charge in [-0.15, -0.1) is 10.2 Å². The average Bonchev–Trinajstić information content (AvgIpc) is 3.13. The van der Waals surface area contributed by atoms with Gasteiger partial charge in [0.2, 0.25) is 0 Å². The van der Waals surface area contributed by atoms with Crippen LogP contribution in [0.1, 0.15) is 10.4 Å². The minimum atomic E-state index is -0.493. The highest BCUT2D eigenvalue weighted by atomic mass is 35.5. The predicted molar refractivity (Wildman–Crippen MR) is 124 cm³/mol. The molecule has 0 aliphatic heterocycles. The maximum atomic E-state index is 12.4. The van der Waals surface area contributed by atoms with E-state index in [1.54, 1.807) is 18.2 Å². The van der Waals surface area contributed by atoms with Crippen molar-refractivity contribution >= 4 is 74.8 Å². The SMILES string of the molecule is O=C(NC(=S)Nc1cc2nn(-c3ccccc3)nc2cc1Cl)c1cc(Cl)ccc1Cl. The van der Waals surface area contributed by atoms with Crippen LogP contribution in [0.3, 0.4) is 0 Å². The molecule has 3 aromatic carbocycles. The summed E-state index contributed by atoms with van der Waals surface area (Å²) in [7, 11) is 0. The third-order valence-electron chi connectivity index (χ3n) is 4.10. The second-order valence-electron chi connectivity index (χ2n) is 6.18. The molecule has 1 amide bonds. The van der Waals surface area contributed by atoms with Crippen LogP contribution in [-0.4, -0.2) is 26.0 Å². The molecule has 6 nitrogen and oxygen atoms in total. The highest BCUT2D eigenvalue weighted by Crippen LogP contribution is 2.27. The minimum Gasteiger partial charge on any atom is -0.331 e. The van der Waals surface area contributed by atoms with E-state index in [2.05, 4.69) is 20.8 Å². The van der Waals surface area contributed by atoms with Gasteiger partial charge in [0, 0.05) is 5.02 Å². The monoisotopic (exact) mass is 475 g/mol. The molecule has 30 heavy (non-hydrogen) atoms. The molecular formula is C20H12Cl3N5OS. The Morgan fingerprint density at radius 2 is 1.60 bits per heavy atom. The van der Waals surface area contributed by atoms with E-state index in [1.165, 1.54) is 16.9 Å². The van der Waals surface area contributed by atoms with Gasteiger partial charge in [0.1, 0.15) is 11.0 Å². The number of benzene rings is 3. The van der Waals surface area contributed by atoms with Gasteiger partial charge in [-0.25, -0.2) is 0 Å². The number of nitrogens with zero attached hydrogens (tertiary/aromatic N) is 3. The number of rotatable bonds is 3. The largest absolute Gasteiger partial charge is 0.331 e. The van der Waals surface area contributed by atoms with Gasteiger partial charge in [-0.3, -0.25) is 10.1 Å². The summed E-state index contributed by atoms with van der Waals surface area (Å²) in [6.07, 6.45) is 0. The number of halogens is 3. The average molecular weight is 477 g/mol. The van der Waals surface area contributed by atoms with E-state index in [1.807, 2.05) is 30.3 Å². The van der Waals surface area contributed by atoms with Gasteiger partial charge in [-0.1, -0.05) is 53.0 Å². The molecule has 150 valence electrons. The molecule has 0 radical (unpaired) electrons. The van der Waals surface area contributed by atoms with E-state index in [9.17, 15) is 4.79 Å². The molecule has 0 atom stereocenters. The van der Waals surface area contributed by atoms with Gasteiger partial charge in [0.15, 0.2) is 5.11 Å². The third kappa shape index (κ3) is 4.39. The summed E-state index contributed by atoms with van der Waals surface area (Å²) < 4.78 is 0. The summed E-state index contributed by atoms with van der Waals surface area (Å²) in [5, 5.41) is 15.4. The van der Waals surface area contributed by atoms with Crippen LogP contribution in [0.2, 0.25) is 15.1 Å². The van der Waals surface area contributed by atoms with Crippen LogP contribution in [0.4, 0.5) is 5.69 Å². The maximum Gasteiger partial charge on any atom is 0.258 e. The molecule has 4 aromatic rings. The minimum absolute atomic E-state index is 0.0488. The molecule has 2 N–H and O–H groups in total. The molecule has 0 spiro atoms. The summed E-state index contributed by atoms with van der Waals surface area (Å²) >= 11 is 23.6. The van der Waals surface area contributed by atoms with Gasteiger partial charge < -0.3 is 5.32 Å².